The number of carbonyl (C=O) groups is 2. The predicted octanol–water partition coefficient (Wildman–Crippen LogP) is 3.01. The molecule has 0 radical (unpaired) electrons. The van der Waals surface area contributed by atoms with Crippen molar-refractivity contribution < 1.29 is 9.59 Å². The molecule has 8 heteroatoms. The molecule has 0 spiro atoms. The van der Waals surface area contributed by atoms with Gasteiger partial charge in [0.1, 0.15) is 6.04 Å². The van der Waals surface area contributed by atoms with E-state index >= 15 is 0 Å². The van der Waals surface area contributed by atoms with Gasteiger partial charge in [-0.1, -0.05) is 23.2 Å². The minimum absolute atomic E-state index is 0.302. The molecule has 3 N–H and O–H groups in total. The Morgan fingerprint density at radius 3 is 2.47 bits per heavy atom. The monoisotopic (exact) mass is 367 g/mol. The second-order valence-electron chi connectivity index (χ2n) is 3.66. The minimum atomic E-state index is -0.646. The Morgan fingerprint density at radius 2 is 1.89 bits per heavy atom. The third-order valence-electron chi connectivity index (χ3n) is 2.26. The second kappa shape index (κ2) is 6.98. The lowest BCUT2D eigenvalue weighted by atomic mass is 10.2. The summed E-state index contributed by atoms with van der Waals surface area (Å²) in [5.74, 6) is -0.477. The molecular formula is C11H12BrCl2N3O2. The topological polar surface area (TPSA) is 70.2 Å². The first-order valence-electron chi connectivity index (χ1n) is 5.29. The summed E-state index contributed by atoms with van der Waals surface area (Å²) in [7, 11) is 1.42. The molecule has 0 aliphatic heterocycles. The fourth-order valence-corrected chi connectivity index (χ4v) is 2.05. The lowest BCUT2D eigenvalue weighted by Gasteiger charge is -2.16. The average molecular weight is 369 g/mol. The van der Waals surface area contributed by atoms with Crippen LogP contribution >= 0.6 is 39.1 Å². The van der Waals surface area contributed by atoms with Crippen molar-refractivity contribution in [1.82, 2.24) is 10.6 Å². The van der Waals surface area contributed by atoms with Gasteiger partial charge in [0.25, 0.3) is 0 Å². The largest absolute Gasteiger partial charge is 0.373 e. The highest BCUT2D eigenvalue weighted by Gasteiger charge is 2.17. The van der Waals surface area contributed by atoms with E-state index in [2.05, 4.69) is 31.9 Å². The van der Waals surface area contributed by atoms with Gasteiger partial charge >= 0.3 is 6.03 Å². The average Bonchev–Trinajstić information content (AvgIpc) is 2.39. The Kier molecular flexibility index (Phi) is 5.90. The van der Waals surface area contributed by atoms with Crippen molar-refractivity contribution in [2.45, 2.75) is 13.0 Å². The van der Waals surface area contributed by atoms with Crippen LogP contribution in [0.1, 0.15) is 6.92 Å². The summed E-state index contributed by atoms with van der Waals surface area (Å²) in [6.07, 6.45) is 0. The smallest absolute Gasteiger partial charge is 0.321 e. The van der Waals surface area contributed by atoms with E-state index in [1.807, 2.05) is 0 Å². The Balaban J connectivity index is 2.77. The van der Waals surface area contributed by atoms with Crippen molar-refractivity contribution in [3.63, 3.8) is 0 Å². The third kappa shape index (κ3) is 4.26. The molecule has 1 aromatic carbocycles. The van der Waals surface area contributed by atoms with Crippen LogP contribution in [0.4, 0.5) is 10.5 Å². The number of hydrogen-bond donors (Lipinski definition) is 3. The van der Waals surface area contributed by atoms with Crippen LogP contribution in [0.5, 0.6) is 0 Å². The number of carbonyl (C=O) groups excluding carboxylic acids is 2. The summed E-state index contributed by atoms with van der Waals surface area (Å²) in [5.41, 5.74) is 0.509. The van der Waals surface area contributed by atoms with Crippen molar-refractivity contribution in [3.8, 4) is 0 Å². The quantitative estimate of drug-likeness (QED) is 0.718. The zero-order valence-corrected chi connectivity index (χ0v) is 13.3. The number of rotatable bonds is 3. The van der Waals surface area contributed by atoms with E-state index in [1.165, 1.54) is 7.05 Å². The zero-order chi connectivity index (χ0) is 14.6. The third-order valence-corrected chi connectivity index (χ3v) is 4.04. The van der Waals surface area contributed by atoms with Crippen LogP contribution in [0.2, 0.25) is 10.0 Å². The molecule has 0 saturated carbocycles. The van der Waals surface area contributed by atoms with E-state index in [1.54, 1.807) is 19.1 Å². The number of urea groups is 1. The number of halogens is 3. The zero-order valence-electron chi connectivity index (χ0n) is 10.2. The first-order chi connectivity index (χ1) is 8.86. The molecule has 104 valence electrons. The number of amides is 3. The van der Waals surface area contributed by atoms with E-state index in [0.717, 1.165) is 0 Å². The highest BCUT2D eigenvalue weighted by Crippen LogP contribution is 2.36. The first-order valence-corrected chi connectivity index (χ1v) is 6.84. The summed E-state index contributed by atoms with van der Waals surface area (Å²) in [5, 5.41) is 7.98. The molecule has 0 heterocycles. The van der Waals surface area contributed by atoms with E-state index in [-0.39, 0.29) is 0 Å². The molecule has 0 aliphatic rings. The standard InChI is InChI=1S/C11H12BrCl2N3O2/c1-5(10(18)17-11(19)15-2)16-7-4-3-6(12)8(13)9(7)14/h3-5,16H,1-2H3,(H2,15,17,18,19). The SMILES string of the molecule is CNC(=O)NC(=O)C(C)Nc1ccc(Br)c(Cl)c1Cl. The van der Waals surface area contributed by atoms with Gasteiger partial charge in [-0.25, -0.2) is 4.79 Å². The van der Waals surface area contributed by atoms with E-state index < -0.39 is 18.0 Å². The molecular weight excluding hydrogens is 357 g/mol. The van der Waals surface area contributed by atoms with Gasteiger partial charge < -0.3 is 10.6 Å². The lowest BCUT2D eigenvalue weighted by Crippen LogP contribution is -2.44. The summed E-state index contributed by atoms with van der Waals surface area (Å²) in [6.45, 7) is 1.60. The van der Waals surface area contributed by atoms with Gasteiger partial charge in [-0.3, -0.25) is 10.1 Å². The minimum Gasteiger partial charge on any atom is -0.373 e. The van der Waals surface area contributed by atoms with Crippen molar-refractivity contribution in [1.29, 1.82) is 0 Å². The van der Waals surface area contributed by atoms with Crippen LogP contribution in [-0.2, 0) is 4.79 Å². The Hall–Kier alpha value is -0.980. The fourth-order valence-electron chi connectivity index (χ4n) is 1.22. The normalized spacial score (nSPS) is 11.6. The van der Waals surface area contributed by atoms with Crippen LogP contribution in [0, 0.1) is 0 Å². The number of nitrogens with one attached hydrogen (secondary N) is 3. The van der Waals surface area contributed by atoms with Gasteiger partial charge in [-0.05, 0) is 35.0 Å². The van der Waals surface area contributed by atoms with Gasteiger partial charge in [0.05, 0.1) is 15.7 Å². The molecule has 1 rings (SSSR count). The van der Waals surface area contributed by atoms with Crippen LogP contribution in [0.3, 0.4) is 0 Å². The molecule has 1 atom stereocenters. The van der Waals surface area contributed by atoms with Gasteiger partial charge in [0, 0.05) is 11.5 Å². The van der Waals surface area contributed by atoms with Crippen molar-refractivity contribution >= 4 is 56.8 Å². The molecule has 0 fully saturated rings. The Labute approximate surface area is 129 Å². The predicted molar refractivity (Wildman–Crippen MR) is 79.8 cm³/mol. The van der Waals surface area contributed by atoms with Crippen LogP contribution in [0.25, 0.3) is 0 Å². The Morgan fingerprint density at radius 1 is 1.26 bits per heavy atom. The van der Waals surface area contributed by atoms with E-state index in [9.17, 15) is 9.59 Å². The molecule has 0 aromatic heterocycles. The summed E-state index contributed by atoms with van der Waals surface area (Å²) >= 11 is 15.3. The second-order valence-corrected chi connectivity index (χ2v) is 5.27. The lowest BCUT2D eigenvalue weighted by molar-refractivity contribution is -0.120. The highest BCUT2D eigenvalue weighted by molar-refractivity contribution is 9.10. The highest BCUT2D eigenvalue weighted by atomic mass is 79.9. The number of imide groups is 1. The van der Waals surface area contributed by atoms with Crippen molar-refractivity contribution in [3.05, 3.63) is 26.7 Å². The maximum absolute atomic E-state index is 11.7. The molecule has 0 aliphatic carbocycles. The Bertz CT molecular complexity index is 511. The fraction of sp³-hybridized carbons (Fsp3) is 0.273. The van der Waals surface area contributed by atoms with E-state index in [0.29, 0.717) is 20.2 Å². The van der Waals surface area contributed by atoms with Gasteiger partial charge in [-0.15, -0.1) is 0 Å². The molecule has 3 amide bonds. The molecule has 1 unspecified atom stereocenters. The van der Waals surface area contributed by atoms with Crippen molar-refractivity contribution in [2.24, 2.45) is 0 Å². The summed E-state index contributed by atoms with van der Waals surface area (Å²) in [4.78, 5) is 22.7. The van der Waals surface area contributed by atoms with Crippen LogP contribution in [0.15, 0.2) is 16.6 Å². The maximum Gasteiger partial charge on any atom is 0.321 e. The molecule has 1 aromatic rings. The summed E-state index contributed by atoms with van der Waals surface area (Å²) < 4.78 is 0.659. The van der Waals surface area contributed by atoms with Gasteiger partial charge in [0.2, 0.25) is 5.91 Å². The van der Waals surface area contributed by atoms with Gasteiger partial charge in [-0.2, -0.15) is 0 Å². The van der Waals surface area contributed by atoms with Crippen LogP contribution < -0.4 is 16.0 Å². The van der Waals surface area contributed by atoms with Gasteiger partial charge in [0.15, 0.2) is 0 Å². The summed E-state index contributed by atoms with van der Waals surface area (Å²) in [6, 6.07) is 2.17. The molecule has 5 nitrogen and oxygen atoms in total. The maximum atomic E-state index is 11.7. The van der Waals surface area contributed by atoms with E-state index in [4.69, 9.17) is 23.2 Å². The molecule has 0 saturated heterocycles. The molecule has 19 heavy (non-hydrogen) atoms. The van der Waals surface area contributed by atoms with Crippen LogP contribution in [-0.4, -0.2) is 25.0 Å². The molecule has 0 bridgehead atoms. The first kappa shape index (κ1) is 16.1. The number of anilines is 1. The number of benzene rings is 1. The van der Waals surface area contributed by atoms with Crippen molar-refractivity contribution in [2.75, 3.05) is 12.4 Å². The number of hydrogen-bond acceptors (Lipinski definition) is 3.